The van der Waals surface area contributed by atoms with Crippen LogP contribution < -0.4 is 5.32 Å². The third-order valence-corrected chi connectivity index (χ3v) is 5.64. The number of nitrogens with one attached hydrogen (secondary N) is 1. The first kappa shape index (κ1) is 18.1. The maximum absolute atomic E-state index is 10.8. The van der Waals surface area contributed by atoms with Gasteiger partial charge in [-0.1, -0.05) is 0 Å². The standard InChI is InChI=1S/C19H30N4O2/c24-19(25)15-16-1-3-18(4-2-16)23-13-11-22(12-14-23)10-9-21-17-5-7-20-8-6-17/h5-8,16,18H,1-4,9-15H2,(H,20,21)(H,24,25). The van der Waals surface area contributed by atoms with E-state index in [4.69, 9.17) is 5.11 Å². The number of piperazine rings is 1. The highest BCUT2D eigenvalue weighted by molar-refractivity contribution is 5.67. The molecular weight excluding hydrogens is 316 g/mol. The van der Waals surface area contributed by atoms with E-state index in [1.165, 1.54) is 12.8 Å². The summed E-state index contributed by atoms with van der Waals surface area (Å²) < 4.78 is 0. The molecule has 1 saturated heterocycles. The third-order valence-electron chi connectivity index (χ3n) is 5.64. The van der Waals surface area contributed by atoms with E-state index in [-0.39, 0.29) is 0 Å². The molecule has 2 aliphatic rings. The zero-order valence-corrected chi connectivity index (χ0v) is 14.9. The lowest BCUT2D eigenvalue weighted by atomic mass is 9.83. The van der Waals surface area contributed by atoms with Crippen LogP contribution in [0.25, 0.3) is 0 Å². The second-order valence-corrected chi connectivity index (χ2v) is 7.31. The lowest BCUT2D eigenvalue weighted by molar-refractivity contribution is -0.138. The fourth-order valence-corrected chi connectivity index (χ4v) is 4.14. The lowest BCUT2D eigenvalue weighted by Gasteiger charge is -2.42. The van der Waals surface area contributed by atoms with E-state index in [0.29, 0.717) is 18.4 Å². The maximum Gasteiger partial charge on any atom is 0.303 e. The summed E-state index contributed by atoms with van der Waals surface area (Å²) in [4.78, 5) is 20.0. The van der Waals surface area contributed by atoms with Crippen molar-refractivity contribution in [2.75, 3.05) is 44.6 Å². The minimum Gasteiger partial charge on any atom is -0.481 e. The largest absolute Gasteiger partial charge is 0.481 e. The number of hydrogen-bond acceptors (Lipinski definition) is 5. The van der Waals surface area contributed by atoms with Crippen LogP contribution in [0.15, 0.2) is 24.5 Å². The molecule has 0 unspecified atom stereocenters. The van der Waals surface area contributed by atoms with Crippen molar-refractivity contribution in [2.24, 2.45) is 5.92 Å². The summed E-state index contributed by atoms with van der Waals surface area (Å²) in [5, 5.41) is 12.4. The van der Waals surface area contributed by atoms with E-state index in [1.807, 2.05) is 24.5 Å². The van der Waals surface area contributed by atoms with Crippen molar-refractivity contribution in [1.29, 1.82) is 0 Å². The summed E-state index contributed by atoms with van der Waals surface area (Å²) in [7, 11) is 0. The molecule has 3 rings (SSSR count). The van der Waals surface area contributed by atoms with Crippen molar-refractivity contribution in [1.82, 2.24) is 14.8 Å². The summed E-state index contributed by atoms with van der Waals surface area (Å²) >= 11 is 0. The van der Waals surface area contributed by atoms with Gasteiger partial charge in [-0.05, 0) is 43.7 Å². The van der Waals surface area contributed by atoms with Gasteiger partial charge in [0.2, 0.25) is 0 Å². The Morgan fingerprint density at radius 2 is 1.80 bits per heavy atom. The van der Waals surface area contributed by atoms with Crippen LogP contribution >= 0.6 is 0 Å². The summed E-state index contributed by atoms with van der Waals surface area (Å²) in [5.41, 5.74) is 1.13. The second kappa shape index (κ2) is 9.15. The molecule has 25 heavy (non-hydrogen) atoms. The van der Waals surface area contributed by atoms with Crippen LogP contribution in [0.4, 0.5) is 5.69 Å². The number of aliphatic carboxylic acids is 1. The average molecular weight is 346 g/mol. The highest BCUT2D eigenvalue weighted by Crippen LogP contribution is 2.30. The zero-order valence-electron chi connectivity index (χ0n) is 14.9. The Balaban J connectivity index is 1.32. The van der Waals surface area contributed by atoms with Crippen molar-refractivity contribution in [2.45, 2.75) is 38.1 Å². The van der Waals surface area contributed by atoms with E-state index in [2.05, 4.69) is 20.1 Å². The Bertz CT molecular complexity index is 523. The van der Waals surface area contributed by atoms with E-state index in [1.54, 1.807) is 0 Å². The van der Waals surface area contributed by atoms with Crippen LogP contribution in [-0.4, -0.2) is 71.2 Å². The molecule has 0 radical (unpaired) electrons. The monoisotopic (exact) mass is 346 g/mol. The Labute approximate surface area is 150 Å². The van der Waals surface area contributed by atoms with Crippen molar-refractivity contribution < 1.29 is 9.90 Å². The Morgan fingerprint density at radius 1 is 1.12 bits per heavy atom. The topological polar surface area (TPSA) is 68.7 Å². The molecule has 1 saturated carbocycles. The Kier molecular flexibility index (Phi) is 6.64. The first-order chi connectivity index (χ1) is 12.2. The lowest BCUT2D eigenvalue weighted by Crippen LogP contribution is -2.51. The fraction of sp³-hybridized carbons (Fsp3) is 0.684. The molecule has 1 aromatic heterocycles. The number of carbonyl (C=O) groups is 1. The van der Waals surface area contributed by atoms with E-state index >= 15 is 0 Å². The smallest absolute Gasteiger partial charge is 0.303 e. The van der Waals surface area contributed by atoms with Crippen molar-refractivity contribution >= 4 is 11.7 Å². The number of hydrogen-bond donors (Lipinski definition) is 2. The zero-order chi connectivity index (χ0) is 17.5. The predicted molar refractivity (Wildman–Crippen MR) is 98.7 cm³/mol. The Hall–Kier alpha value is -1.66. The highest BCUT2D eigenvalue weighted by Gasteiger charge is 2.28. The molecular formula is C19H30N4O2. The number of pyridine rings is 1. The van der Waals surface area contributed by atoms with Crippen molar-refractivity contribution in [3.63, 3.8) is 0 Å². The third kappa shape index (κ3) is 5.68. The first-order valence-corrected chi connectivity index (χ1v) is 9.53. The predicted octanol–water partition coefficient (Wildman–Crippen LogP) is 2.14. The normalized spacial score (nSPS) is 25.6. The molecule has 2 N–H and O–H groups in total. The van der Waals surface area contributed by atoms with Crippen molar-refractivity contribution in [3.8, 4) is 0 Å². The maximum atomic E-state index is 10.8. The number of nitrogens with zero attached hydrogens (tertiary/aromatic N) is 3. The Morgan fingerprint density at radius 3 is 2.44 bits per heavy atom. The molecule has 6 nitrogen and oxygen atoms in total. The van der Waals surface area contributed by atoms with Crippen LogP contribution in [0.5, 0.6) is 0 Å². The molecule has 0 bridgehead atoms. The molecule has 6 heteroatoms. The molecule has 1 aliphatic heterocycles. The van der Waals surface area contributed by atoms with Crippen LogP contribution in [0, 0.1) is 5.92 Å². The van der Waals surface area contributed by atoms with Gasteiger partial charge in [0.25, 0.3) is 0 Å². The molecule has 2 fully saturated rings. The van der Waals surface area contributed by atoms with Gasteiger partial charge in [0, 0.05) is 69.8 Å². The minimum atomic E-state index is -0.641. The van der Waals surface area contributed by atoms with Crippen LogP contribution in [0.3, 0.4) is 0 Å². The van der Waals surface area contributed by atoms with Gasteiger partial charge in [0.1, 0.15) is 0 Å². The van der Waals surface area contributed by atoms with Gasteiger partial charge in [-0.15, -0.1) is 0 Å². The molecule has 0 aromatic carbocycles. The number of carboxylic acids is 1. The molecule has 0 amide bonds. The molecule has 0 atom stereocenters. The van der Waals surface area contributed by atoms with E-state index in [0.717, 1.165) is 57.8 Å². The van der Waals surface area contributed by atoms with Gasteiger partial charge in [-0.25, -0.2) is 0 Å². The number of rotatable bonds is 7. The summed E-state index contributed by atoms with van der Waals surface area (Å²) in [6.45, 7) is 6.58. The van der Waals surface area contributed by atoms with Crippen molar-refractivity contribution in [3.05, 3.63) is 24.5 Å². The minimum absolute atomic E-state index is 0.352. The van der Waals surface area contributed by atoms with E-state index in [9.17, 15) is 4.79 Å². The number of anilines is 1. The SMILES string of the molecule is O=C(O)CC1CCC(N2CCN(CCNc3ccncc3)CC2)CC1. The van der Waals surface area contributed by atoms with Crippen LogP contribution in [0.2, 0.25) is 0 Å². The van der Waals surface area contributed by atoms with Gasteiger partial charge in [-0.3, -0.25) is 19.6 Å². The van der Waals surface area contributed by atoms with Gasteiger partial charge < -0.3 is 10.4 Å². The molecule has 1 aromatic rings. The average Bonchev–Trinajstić information content (AvgIpc) is 2.63. The molecule has 2 heterocycles. The van der Waals surface area contributed by atoms with Crippen LogP contribution in [-0.2, 0) is 4.79 Å². The molecule has 1 aliphatic carbocycles. The quantitative estimate of drug-likeness (QED) is 0.788. The van der Waals surface area contributed by atoms with Gasteiger partial charge >= 0.3 is 5.97 Å². The number of carboxylic acid groups (broad SMARTS) is 1. The summed E-state index contributed by atoms with van der Waals surface area (Å²) in [6.07, 6.45) is 8.47. The highest BCUT2D eigenvalue weighted by atomic mass is 16.4. The molecule has 0 spiro atoms. The van der Waals surface area contributed by atoms with Gasteiger partial charge in [0.05, 0.1) is 0 Å². The summed E-state index contributed by atoms with van der Waals surface area (Å²) in [6, 6.07) is 4.67. The van der Waals surface area contributed by atoms with Crippen LogP contribution in [0.1, 0.15) is 32.1 Å². The molecule has 138 valence electrons. The fourth-order valence-electron chi connectivity index (χ4n) is 4.14. The summed E-state index contributed by atoms with van der Waals surface area (Å²) in [5.74, 6) is -0.244. The van der Waals surface area contributed by atoms with E-state index < -0.39 is 5.97 Å². The second-order valence-electron chi connectivity index (χ2n) is 7.31. The van der Waals surface area contributed by atoms with Gasteiger partial charge in [-0.2, -0.15) is 0 Å². The van der Waals surface area contributed by atoms with Gasteiger partial charge in [0.15, 0.2) is 0 Å². The number of aromatic nitrogens is 1. The first-order valence-electron chi connectivity index (χ1n) is 9.53.